The molecule has 2 aromatic rings. The number of amides is 2. The molecule has 0 saturated carbocycles. The molecule has 1 aliphatic heterocycles. The number of rotatable bonds is 6. The largest absolute Gasteiger partial charge is 0.478 e. The van der Waals surface area contributed by atoms with E-state index in [1.807, 2.05) is 0 Å². The number of carboxylic acids is 1. The van der Waals surface area contributed by atoms with Crippen LogP contribution in [0.2, 0.25) is 0 Å². The smallest absolute Gasteiger partial charge is 0.337 e. The fourth-order valence-electron chi connectivity index (χ4n) is 2.71. The van der Waals surface area contributed by atoms with Crippen molar-refractivity contribution in [2.45, 2.75) is 11.9 Å². The van der Waals surface area contributed by atoms with E-state index in [4.69, 9.17) is 0 Å². The van der Waals surface area contributed by atoms with Crippen LogP contribution >= 0.6 is 11.8 Å². The van der Waals surface area contributed by atoms with Gasteiger partial charge < -0.3 is 15.2 Å². The number of esters is 1. The second-order valence-electron chi connectivity index (χ2n) is 5.88. The molecular formula is C19H16N2O6S. The normalized spacial score (nSPS) is 16.2. The average Bonchev–Trinajstić information content (AvgIpc) is 2.95. The Kier molecular flexibility index (Phi) is 5.65. The number of benzene rings is 2. The summed E-state index contributed by atoms with van der Waals surface area (Å²) in [6.45, 7) is -0.00570. The quantitative estimate of drug-likeness (QED) is 0.712. The van der Waals surface area contributed by atoms with E-state index in [0.29, 0.717) is 11.1 Å². The number of thioether (sulfide) groups is 1. The van der Waals surface area contributed by atoms with Crippen LogP contribution in [-0.2, 0) is 16.1 Å². The van der Waals surface area contributed by atoms with Gasteiger partial charge >= 0.3 is 11.9 Å². The second kappa shape index (κ2) is 8.13. The van der Waals surface area contributed by atoms with Crippen LogP contribution in [-0.4, -0.2) is 45.6 Å². The molecule has 8 nitrogen and oxygen atoms in total. The number of carbonyl (C=O) groups excluding carboxylic acids is 3. The van der Waals surface area contributed by atoms with Crippen LogP contribution in [0.3, 0.4) is 0 Å². The van der Waals surface area contributed by atoms with E-state index in [1.165, 1.54) is 19.2 Å². The summed E-state index contributed by atoms with van der Waals surface area (Å²) in [6.07, 6.45) is 0. The number of anilines is 1. The maximum atomic E-state index is 12.7. The topological polar surface area (TPSA) is 113 Å². The highest BCUT2D eigenvalue weighted by molar-refractivity contribution is 8.15. The Morgan fingerprint density at radius 3 is 2.64 bits per heavy atom. The molecule has 1 aliphatic rings. The lowest BCUT2D eigenvalue weighted by molar-refractivity contribution is -0.126. The van der Waals surface area contributed by atoms with Gasteiger partial charge in [-0.2, -0.15) is 0 Å². The number of nitrogens with one attached hydrogen (secondary N) is 1. The number of nitrogens with zero attached hydrogens (tertiary/aromatic N) is 1. The highest BCUT2D eigenvalue weighted by atomic mass is 32.2. The fourth-order valence-corrected chi connectivity index (χ4v) is 3.61. The predicted molar refractivity (Wildman–Crippen MR) is 102 cm³/mol. The Balaban J connectivity index is 1.76. The number of ether oxygens (including phenoxy) is 1. The Morgan fingerprint density at radius 2 is 1.93 bits per heavy atom. The summed E-state index contributed by atoms with van der Waals surface area (Å²) in [5, 5.41) is 10.7. The van der Waals surface area contributed by atoms with Gasteiger partial charge in [-0.1, -0.05) is 24.3 Å². The summed E-state index contributed by atoms with van der Waals surface area (Å²) in [5.41, 5.74) is 1.17. The molecule has 1 fully saturated rings. The highest BCUT2D eigenvalue weighted by Crippen LogP contribution is 2.30. The number of carboxylic acid groups (broad SMARTS) is 1. The first-order chi connectivity index (χ1) is 13.4. The van der Waals surface area contributed by atoms with Crippen molar-refractivity contribution in [2.75, 3.05) is 12.4 Å². The first-order valence-electron chi connectivity index (χ1n) is 8.19. The maximum absolute atomic E-state index is 12.7. The zero-order chi connectivity index (χ0) is 20.3. The number of hydrogen-bond donors (Lipinski definition) is 2. The number of methoxy groups -OCH3 is 1. The third-order valence-corrected chi connectivity index (χ3v) is 5.04. The van der Waals surface area contributed by atoms with Crippen molar-refractivity contribution in [1.29, 1.82) is 0 Å². The van der Waals surface area contributed by atoms with Gasteiger partial charge in [0.2, 0.25) is 0 Å². The van der Waals surface area contributed by atoms with Crippen molar-refractivity contribution in [2.24, 2.45) is 0 Å². The summed E-state index contributed by atoms with van der Waals surface area (Å²) >= 11 is 0.773. The molecule has 28 heavy (non-hydrogen) atoms. The first-order valence-corrected chi connectivity index (χ1v) is 9.07. The van der Waals surface area contributed by atoms with Crippen LogP contribution in [0.1, 0.15) is 26.3 Å². The Morgan fingerprint density at radius 1 is 1.18 bits per heavy atom. The van der Waals surface area contributed by atoms with E-state index in [-0.39, 0.29) is 17.8 Å². The van der Waals surface area contributed by atoms with Crippen molar-refractivity contribution >= 4 is 40.5 Å². The monoisotopic (exact) mass is 400 g/mol. The molecule has 144 valence electrons. The van der Waals surface area contributed by atoms with Crippen LogP contribution < -0.4 is 5.32 Å². The van der Waals surface area contributed by atoms with E-state index in [9.17, 15) is 24.3 Å². The molecule has 0 aliphatic carbocycles. The zero-order valence-corrected chi connectivity index (χ0v) is 15.6. The minimum absolute atomic E-state index is 0.00570. The minimum Gasteiger partial charge on any atom is -0.478 e. The third-order valence-electron chi connectivity index (χ3n) is 4.06. The van der Waals surface area contributed by atoms with Gasteiger partial charge in [-0.15, -0.1) is 0 Å². The Labute approximate surface area is 164 Å². The van der Waals surface area contributed by atoms with Crippen molar-refractivity contribution < 1.29 is 29.0 Å². The Bertz CT molecular complexity index is 961. The van der Waals surface area contributed by atoms with E-state index in [1.54, 1.807) is 36.4 Å². The summed E-state index contributed by atoms with van der Waals surface area (Å²) in [5.74, 6) is -2.14. The summed E-state index contributed by atoms with van der Waals surface area (Å²) in [7, 11) is 1.27. The van der Waals surface area contributed by atoms with Crippen LogP contribution in [0.15, 0.2) is 48.5 Å². The average molecular weight is 400 g/mol. The van der Waals surface area contributed by atoms with Gasteiger partial charge in [0.25, 0.3) is 11.1 Å². The number of carbonyl (C=O) groups is 4. The molecule has 0 aromatic heterocycles. The molecule has 2 amide bonds. The molecule has 3 rings (SSSR count). The van der Waals surface area contributed by atoms with Crippen LogP contribution in [0, 0.1) is 0 Å². The van der Waals surface area contributed by atoms with E-state index in [2.05, 4.69) is 10.1 Å². The lowest BCUT2D eigenvalue weighted by Gasteiger charge is -2.16. The summed E-state index contributed by atoms with van der Waals surface area (Å²) < 4.78 is 4.67. The van der Waals surface area contributed by atoms with Crippen molar-refractivity contribution in [3.63, 3.8) is 0 Å². The van der Waals surface area contributed by atoms with Crippen molar-refractivity contribution in [3.05, 3.63) is 65.2 Å². The van der Waals surface area contributed by atoms with Crippen LogP contribution in [0.5, 0.6) is 0 Å². The molecule has 0 unspecified atom stereocenters. The second-order valence-corrected chi connectivity index (χ2v) is 6.93. The van der Waals surface area contributed by atoms with Crippen molar-refractivity contribution in [1.82, 2.24) is 4.90 Å². The molecule has 2 N–H and O–H groups in total. The molecule has 0 spiro atoms. The molecular weight excluding hydrogens is 384 g/mol. The van der Waals surface area contributed by atoms with Gasteiger partial charge in [0, 0.05) is 5.69 Å². The van der Waals surface area contributed by atoms with Crippen molar-refractivity contribution in [3.8, 4) is 0 Å². The molecule has 1 atom stereocenters. The maximum Gasteiger partial charge on any atom is 0.337 e. The van der Waals surface area contributed by atoms with Gasteiger partial charge in [0.1, 0.15) is 0 Å². The van der Waals surface area contributed by atoms with Gasteiger partial charge in [-0.25, -0.2) is 9.59 Å². The molecule has 2 aromatic carbocycles. The minimum atomic E-state index is -1.14. The zero-order valence-electron chi connectivity index (χ0n) is 14.7. The number of hydrogen-bond acceptors (Lipinski definition) is 7. The molecule has 0 bridgehead atoms. The third kappa shape index (κ3) is 3.99. The van der Waals surface area contributed by atoms with Crippen LogP contribution in [0.4, 0.5) is 10.5 Å². The first kappa shape index (κ1) is 19.4. The van der Waals surface area contributed by atoms with E-state index in [0.717, 1.165) is 16.7 Å². The standard InChI is InChI=1S/C19H16N2O6S/c1-27-18(25)12-6-4-5-11(9-12)10-21-16(22)15(28-19(21)26)20-14-8-3-2-7-13(14)17(23)24/h2-9,15,20H,10H2,1H3,(H,23,24)/t15-/m0/s1. The highest BCUT2D eigenvalue weighted by Gasteiger charge is 2.40. The number of para-hydroxylation sites is 1. The van der Waals surface area contributed by atoms with E-state index < -0.39 is 28.5 Å². The molecule has 0 radical (unpaired) electrons. The van der Waals surface area contributed by atoms with E-state index >= 15 is 0 Å². The SMILES string of the molecule is COC(=O)c1cccc(CN2C(=O)S[C@H](Nc3ccccc3C(=O)O)C2=O)c1. The number of imide groups is 1. The van der Waals surface area contributed by atoms with Gasteiger partial charge in [-0.3, -0.25) is 14.5 Å². The molecule has 1 saturated heterocycles. The van der Waals surface area contributed by atoms with Gasteiger partial charge in [0.15, 0.2) is 5.37 Å². The lowest BCUT2D eigenvalue weighted by Crippen LogP contribution is -2.34. The predicted octanol–water partition coefficient (Wildman–Crippen LogP) is 2.81. The molecule has 9 heteroatoms. The Hall–Kier alpha value is -3.33. The number of aromatic carboxylic acids is 1. The lowest BCUT2D eigenvalue weighted by atomic mass is 10.1. The fraction of sp³-hybridized carbons (Fsp3) is 0.158. The molecule has 1 heterocycles. The van der Waals surface area contributed by atoms with Gasteiger partial charge in [0.05, 0.1) is 24.8 Å². The van der Waals surface area contributed by atoms with Gasteiger partial charge in [-0.05, 0) is 41.6 Å². The summed E-state index contributed by atoms with van der Waals surface area (Å²) in [4.78, 5) is 49.0. The van der Waals surface area contributed by atoms with Crippen LogP contribution in [0.25, 0.3) is 0 Å². The summed E-state index contributed by atoms with van der Waals surface area (Å²) in [6, 6.07) is 12.6.